The van der Waals surface area contributed by atoms with Gasteiger partial charge in [-0.2, -0.15) is 0 Å². The highest BCUT2D eigenvalue weighted by atomic mass is 16.2. The van der Waals surface area contributed by atoms with E-state index in [1.165, 1.54) is 19.3 Å². The Kier molecular flexibility index (Phi) is 4.96. The maximum Gasteiger partial charge on any atom is 0.225 e. The number of hydrogen-bond acceptors (Lipinski definition) is 4. The zero-order valence-corrected chi connectivity index (χ0v) is 15.7. The average Bonchev–Trinajstić information content (AvgIpc) is 3.24. The summed E-state index contributed by atoms with van der Waals surface area (Å²) in [6.45, 7) is 4.62. The molecule has 1 aromatic heterocycles. The Balaban J connectivity index is 1.48. The molecule has 1 saturated heterocycles. The Hall–Kier alpha value is -1.92. The second-order valence-electron chi connectivity index (χ2n) is 7.91. The van der Waals surface area contributed by atoms with Crippen LogP contribution < -0.4 is 0 Å². The Labute approximate surface area is 154 Å². The maximum absolute atomic E-state index is 12.9. The molecule has 7 nitrogen and oxygen atoms in total. The first-order chi connectivity index (χ1) is 12.6. The smallest absolute Gasteiger partial charge is 0.225 e. The molecule has 0 N–H and O–H groups in total. The highest BCUT2D eigenvalue weighted by molar-refractivity contribution is 5.79. The minimum absolute atomic E-state index is 0.0364. The van der Waals surface area contributed by atoms with Gasteiger partial charge in [0.15, 0.2) is 5.82 Å². The van der Waals surface area contributed by atoms with Crippen LogP contribution in [0.3, 0.4) is 0 Å². The molecular formula is C19H29N5O2. The predicted molar refractivity (Wildman–Crippen MR) is 96.2 cm³/mol. The van der Waals surface area contributed by atoms with E-state index in [-0.39, 0.29) is 17.9 Å². The SMILES string of the molecule is CC(=O)N1CCCC1c1nnc2n1CCN(C(=O)C1CCCCC1)CC2. The molecule has 1 saturated carbocycles. The van der Waals surface area contributed by atoms with E-state index in [4.69, 9.17) is 0 Å². The molecule has 2 aliphatic heterocycles. The monoisotopic (exact) mass is 359 g/mol. The fourth-order valence-electron chi connectivity index (χ4n) is 4.83. The third-order valence-corrected chi connectivity index (χ3v) is 6.28. The third-order valence-electron chi connectivity index (χ3n) is 6.28. The lowest BCUT2D eigenvalue weighted by Crippen LogP contribution is -2.39. The molecular weight excluding hydrogens is 330 g/mol. The van der Waals surface area contributed by atoms with E-state index in [1.807, 2.05) is 9.80 Å². The molecule has 1 aliphatic carbocycles. The van der Waals surface area contributed by atoms with Crippen LogP contribution in [0.5, 0.6) is 0 Å². The molecule has 3 aliphatic rings. The highest BCUT2D eigenvalue weighted by Gasteiger charge is 2.34. The number of fused-ring (bicyclic) bond motifs is 1. The summed E-state index contributed by atoms with van der Waals surface area (Å²) in [6.07, 6.45) is 8.43. The molecule has 3 heterocycles. The van der Waals surface area contributed by atoms with E-state index in [9.17, 15) is 9.59 Å². The summed E-state index contributed by atoms with van der Waals surface area (Å²) in [5, 5.41) is 8.83. The molecule has 142 valence electrons. The molecule has 2 amide bonds. The highest BCUT2D eigenvalue weighted by Crippen LogP contribution is 2.32. The Morgan fingerprint density at radius 1 is 0.923 bits per heavy atom. The normalized spacial score (nSPS) is 24.4. The Bertz CT molecular complexity index is 679. The van der Waals surface area contributed by atoms with Crippen molar-refractivity contribution >= 4 is 11.8 Å². The zero-order valence-electron chi connectivity index (χ0n) is 15.7. The van der Waals surface area contributed by atoms with Crippen LogP contribution in [0.4, 0.5) is 0 Å². The lowest BCUT2D eigenvalue weighted by molar-refractivity contribution is -0.136. The van der Waals surface area contributed by atoms with Crippen molar-refractivity contribution in [3.05, 3.63) is 11.6 Å². The predicted octanol–water partition coefficient (Wildman–Crippen LogP) is 1.93. The summed E-state index contributed by atoms with van der Waals surface area (Å²) in [4.78, 5) is 28.8. The number of nitrogens with zero attached hydrogens (tertiary/aromatic N) is 5. The maximum atomic E-state index is 12.9. The summed E-state index contributed by atoms with van der Waals surface area (Å²) in [7, 11) is 0. The van der Waals surface area contributed by atoms with Crippen LogP contribution in [0.2, 0.25) is 0 Å². The van der Waals surface area contributed by atoms with Crippen LogP contribution in [0, 0.1) is 5.92 Å². The van der Waals surface area contributed by atoms with Crippen molar-refractivity contribution in [2.24, 2.45) is 5.92 Å². The molecule has 26 heavy (non-hydrogen) atoms. The number of carbonyl (C=O) groups is 2. The number of hydrogen-bond donors (Lipinski definition) is 0. The van der Waals surface area contributed by atoms with Crippen molar-refractivity contribution in [3.63, 3.8) is 0 Å². The van der Waals surface area contributed by atoms with E-state index in [1.54, 1.807) is 6.92 Å². The molecule has 0 spiro atoms. The van der Waals surface area contributed by atoms with Crippen LogP contribution in [-0.2, 0) is 22.6 Å². The molecule has 2 fully saturated rings. The van der Waals surface area contributed by atoms with Gasteiger partial charge in [-0.25, -0.2) is 0 Å². The van der Waals surface area contributed by atoms with Gasteiger partial charge >= 0.3 is 0 Å². The minimum atomic E-state index is 0.0364. The summed E-state index contributed by atoms with van der Waals surface area (Å²) in [6, 6.07) is 0.0364. The van der Waals surface area contributed by atoms with Gasteiger partial charge < -0.3 is 14.4 Å². The molecule has 1 atom stereocenters. The van der Waals surface area contributed by atoms with Gasteiger partial charge in [0, 0.05) is 45.4 Å². The molecule has 0 radical (unpaired) electrons. The van der Waals surface area contributed by atoms with Gasteiger partial charge in [0.25, 0.3) is 0 Å². The molecule has 0 bridgehead atoms. The van der Waals surface area contributed by atoms with Crippen molar-refractivity contribution in [1.82, 2.24) is 24.6 Å². The van der Waals surface area contributed by atoms with Crippen LogP contribution >= 0.6 is 0 Å². The van der Waals surface area contributed by atoms with E-state index in [0.717, 1.165) is 69.9 Å². The van der Waals surface area contributed by atoms with Gasteiger partial charge in [-0.05, 0) is 25.7 Å². The van der Waals surface area contributed by atoms with E-state index >= 15 is 0 Å². The number of amides is 2. The number of carbonyl (C=O) groups excluding carboxylic acids is 2. The van der Waals surface area contributed by atoms with Crippen molar-refractivity contribution < 1.29 is 9.59 Å². The lowest BCUT2D eigenvalue weighted by atomic mass is 9.88. The van der Waals surface area contributed by atoms with Crippen molar-refractivity contribution in [2.45, 2.75) is 70.9 Å². The number of rotatable bonds is 2. The second-order valence-corrected chi connectivity index (χ2v) is 7.91. The molecule has 4 rings (SSSR count). The van der Waals surface area contributed by atoms with Gasteiger partial charge in [0.1, 0.15) is 5.82 Å². The summed E-state index contributed by atoms with van der Waals surface area (Å²) in [5.41, 5.74) is 0. The minimum Gasteiger partial charge on any atom is -0.340 e. The molecule has 1 unspecified atom stereocenters. The van der Waals surface area contributed by atoms with Gasteiger partial charge in [-0.15, -0.1) is 10.2 Å². The molecule has 1 aromatic rings. The van der Waals surface area contributed by atoms with Crippen LogP contribution in [0.1, 0.15) is 69.6 Å². The van der Waals surface area contributed by atoms with Crippen LogP contribution in [0.15, 0.2) is 0 Å². The van der Waals surface area contributed by atoms with Gasteiger partial charge in [-0.3, -0.25) is 9.59 Å². The first-order valence-electron chi connectivity index (χ1n) is 10.1. The third kappa shape index (κ3) is 3.23. The van der Waals surface area contributed by atoms with E-state index in [0.29, 0.717) is 5.91 Å². The topological polar surface area (TPSA) is 71.3 Å². The van der Waals surface area contributed by atoms with Crippen LogP contribution in [-0.4, -0.2) is 56.0 Å². The summed E-state index contributed by atoms with van der Waals surface area (Å²) >= 11 is 0. The van der Waals surface area contributed by atoms with Crippen molar-refractivity contribution in [1.29, 1.82) is 0 Å². The Morgan fingerprint density at radius 3 is 2.50 bits per heavy atom. The first kappa shape index (κ1) is 17.5. The largest absolute Gasteiger partial charge is 0.340 e. The first-order valence-corrected chi connectivity index (χ1v) is 10.1. The lowest BCUT2D eigenvalue weighted by Gasteiger charge is -2.28. The average molecular weight is 359 g/mol. The number of aromatic nitrogens is 3. The van der Waals surface area contributed by atoms with Crippen LogP contribution in [0.25, 0.3) is 0 Å². The summed E-state index contributed by atoms with van der Waals surface area (Å²) in [5.74, 6) is 2.51. The van der Waals surface area contributed by atoms with Crippen molar-refractivity contribution in [3.8, 4) is 0 Å². The van der Waals surface area contributed by atoms with Gasteiger partial charge in [0.2, 0.25) is 11.8 Å². The number of likely N-dealkylation sites (tertiary alicyclic amines) is 1. The second kappa shape index (κ2) is 7.37. The van der Waals surface area contributed by atoms with Gasteiger partial charge in [0.05, 0.1) is 6.04 Å². The zero-order chi connectivity index (χ0) is 18.1. The Morgan fingerprint density at radius 2 is 1.73 bits per heavy atom. The van der Waals surface area contributed by atoms with Crippen molar-refractivity contribution in [2.75, 3.05) is 19.6 Å². The molecule has 0 aromatic carbocycles. The standard InChI is InChI=1S/C19H29N5O2/c1-14(25)23-10-5-8-16(23)18-21-20-17-9-11-22(12-13-24(17)18)19(26)15-6-3-2-4-7-15/h15-16H,2-13H2,1H3. The fraction of sp³-hybridized carbons (Fsp3) is 0.789. The summed E-state index contributed by atoms with van der Waals surface area (Å²) < 4.78 is 2.17. The van der Waals surface area contributed by atoms with E-state index < -0.39 is 0 Å². The molecule has 7 heteroatoms. The van der Waals surface area contributed by atoms with E-state index in [2.05, 4.69) is 14.8 Å². The van der Waals surface area contributed by atoms with Gasteiger partial charge in [-0.1, -0.05) is 19.3 Å². The fourth-order valence-corrected chi connectivity index (χ4v) is 4.83. The quantitative estimate of drug-likeness (QED) is 0.809.